The number of fused-ring (bicyclic) bond motifs is 1. The summed E-state index contributed by atoms with van der Waals surface area (Å²) >= 11 is 0. The van der Waals surface area contributed by atoms with Gasteiger partial charge in [-0.2, -0.15) is 0 Å². The Morgan fingerprint density at radius 3 is 2.74 bits per heavy atom. The average molecular weight is 252 g/mol. The van der Waals surface area contributed by atoms with Crippen LogP contribution in [0, 0.1) is 6.92 Å². The van der Waals surface area contributed by atoms with Gasteiger partial charge >= 0.3 is 0 Å². The first kappa shape index (κ1) is 11.9. The molecule has 1 unspecified atom stereocenters. The molecule has 0 saturated carbocycles. The molecule has 0 bridgehead atoms. The minimum Gasteiger partial charge on any atom is -0.389 e. The maximum absolute atomic E-state index is 9.86. The van der Waals surface area contributed by atoms with Crippen LogP contribution in [0.5, 0.6) is 0 Å². The fraction of sp³-hybridized carbons (Fsp3) is 0.188. The summed E-state index contributed by atoms with van der Waals surface area (Å²) in [5.41, 5.74) is 5.09. The van der Waals surface area contributed by atoms with Crippen LogP contribution in [0.4, 0.5) is 0 Å². The zero-order chi connectivity index (χ0) is 13.4. The summed E-state index contributed by atoms with van der Waals surface area (Å²) in [7, 11) is 0. The smallest absolute Gasteiger partial charge is 0.104 e. The summed E-state index contributed by atoms with van der Waals surface area (Å²) in [5, 5.41) is 9.86. The van der Waals surface area contributed by atoms with Gasteiger partial charge in [0.2, 0.25) is 0 Å². The van der Waals surface area contributed by atoms with Crippen molar-refractivity contribution >= 4 is 11.0 Å². The van der Waals surface area contributed by atoms with E-state index in [0.29, 0.717) is 0 Å². The number of nitrogens with one attached hydrogen (secondary N) is 1. The molecule has 0 amide bonds. The average Bonchev–Trinajstić information content (AvgIpc) is 2.77. The van der Waals surface area contributed by atoms with E-state index in [1.165, 1.54) is 0 Å². The Bertz CT molecular complexity index is 728. The number of aliphatic hydroxyl groups is 1. The molecule has 3 rings (SSSR count). The molecule has 0 spiro atoms. The maximum atomic E-state index is 9.86. The van der Waals surface area contributed by atoms with Gasteiger partial charge in [0.25, 0.3) is 0 Å². The summed E-state index contributed by atoms with van der Waals surface area (Å²) in [6.45, 7) is 3.74. The molecule has 3 nitrogen and oxygen atoms in total. The Hall–Kier alpha value is -2.13. The molecule has 3 heteroatoms. The number of imidazole rings is 1. The van der Waals surface area contributed by atoms with Crippen molar-refractivity contribution in [1.29, 1.82) is 0 Å². The second kappa shape index (κ2) is 4.52. The fourth-order valence-corrected chi connectivity index (χ4v) is 2.43. The van der Waals surface area contributed by atoms with E-state index in [-0.39, 0.29) is 0 Å². The number of benzene rings is 2. The third-order valence-electron chi connectivity index (χ3n) is 3.32. The molecular formula is C16H16N2O. The van der Waals surface area contributed by atoms with E-state index in [1.54, 1.807) is 6.92 Å². The Morgan fingerprint density at radius 2 is 1.95 bits per heavy atom. The number of rotatable bonds is 2. The van der Waals surface area contributed by atoms with Crippen LogP contribution in [0.3, 0.4) is 0 Å². The number of aromatic amines is 1. The van der Waals surface area contributed by atoms with E-state index in [2.05, 4.69) is 16.0 Å². The molecule has 1 atom stereocenters. The van der Waals surface area contributed by atoms with Crippen molar-refractivity contribution in [2.75, 3.05) is 0 Å². The molecule has 1 aromatic heterocycles. The summed E-state index contributed by atoms with van der Waals surface area (Å²) in [5.74, 6) is 0.913. The largest absolute Gasteiger partial charge is 0.389 e. The highest BCUT2D eigenvalue weighted by atomic mass is 16.3. The molecule has 0 aliphatic carbocycles. The fourth-order valence-electron chi connectivity index (χ4n) is 2.43. The third kappa shape index (κ3) is 2.13. The highest BCUT2D eigenvalue weighted by Crippen LogP contribution is 2.29. The van der Waals surface area contributed by atoms with Gasteiger partial charge in [-0.15, -0.1) is 0 Å². The van der Waals surface area contributed by atoms with Crippen LogP contribution < -0.4 is 0 Å². The second-order valence-electron chi connectivity index (χ2n) is 4.82. The molecule has 19 heavy (non-hydrogen) atoms. The summed E-state index contributed by atoms with van der Waals surface area (Å²) in [4.78, 5) is 7.64. The lowest BCUT2D eigenvalue weighted by Gasteiger charge is -2.11. The predicted octanol–water partition coefficient (Wildman–Crippen LogP) is 3.59. The number of hydrogen-bond acceptors (Lipinski definition) is 2. The zero-order valence-corrected chi connectivity index (χ0v) is 11.0. The molecule has 0 aliphatic rings. The first-order chi connectivity index (χ1) is 9.15. The maximum Gasteiger partial charge on any atom is 0.104 e. The van der Waals surface area contributed by atoms with Crippen molar-refractivity contribution in [3.05, 3.63) is 53.9 Å². The normalized spacial score (nSPS) is 12.8. The Morgan fingerprint density at radius 1 is 1.16 bits per heavy atom. The molecule has 2 aromatic carbocycles. The van der Waals surface area contributed by atoms with Gasteiger partial charge in [-0.1, -0.05) is 30.3 Å². The molecule has 0 fully saturated rings. The van der Waals surface area contributed by atoms with E-state index in [9.17, 15) is 5.11 Å². The number of aromatic nitrogens is 2. The van der Waals surface area contributed by atoms with Crippen LogP contribution in [-0.4, -0.2) is 15.1 Å². The number of H-pyrrole nitrogens is 1. The minimum atomic E-state index is -0.476. The molecular weight excluding hydrogens is 236 g/mol. The minimum absolute atomic E-state index is 0.476. The van der Waals surface area contributed by atoms with Gasteiger partial charge in [0.15, 0.2) is 0 Å². The van der Waals surface area contributed by atoms with Crippen molar-refractivity contribution in [2.24, 2.45) is 0 Å². The first-order valence-corrected chi connectivity index (χ1v) is 6.39. The van der Waals surface area contributed by atoms with Crippen LogP contribution in [0.15, 0.2) is 42.5 Å². The van der Waals surface area contributed by atoms with E-state index in [1.807, 2.05) is 43.3 Å². The van der Waals surface area contributed by atoms with Gasteiger partial charge < -0.3 is 10.1 Å². The molecule has 1 heterocycles. The zero-order valence-electron chi connectivity index (χ0n) is 11.0. The molecule has 3 aromatic rings. The van der Waals surface area contributed by atoms with E-state index in [0.717, 1.165) is 33.5 Å². The van der Waals surface area contributed by atoms with E-state index < -0.39 is 6.10 Å². The molecule has 0 radical (unpaired) electrons. The highest BCUT2D eigenvalue weighted by Gasteiger charge is 2.10. The van der Waals surface area contributed by atoms with Crippen molar-refractivity contribution in [1.82, 2.24) is 9.97 Å². The predicted molar refractivity (Wildman–Crippen MR) is 76.9 cm³/mol. The van der Waals surface area contributed by atoms with E-state index >= 15 is 0 Å². The lowest BCUT2D eigenvalue weighted by molar-refractivity contribution is 0.200. The molecule has 2 N–H and O–H groups in total. The first-order valence-electron chi connectivity index (χ1n) is 6.39. The summed E-state index contributed by atoms with van der Waals surface area (Å²) < 4.78 is 0. The van der Waals surface area contributed by atoms with Crippen LogP contribution >= 0.6 is 0 Å². The van der Waals surface area contributed by atoms with Crippen molar-refractivity contribution in [3.63, 3.8) is 0 Å². The number of aryl methyl sites for hydroxylation is 1. The van der Waals surface area contributed by atoms with Gasteiger partial charge in [-0.3, -0.25) is 0 Å². The van der Waals surface area contributed by atoms with Gasteiger partial charge in [0.05, 0.1) is 17.1 Å². The van der Waals surface area contributed by atoms with Crippen LogP contribution in [0.1, 0.15) is 24.4 Å². The Kier molecular flexibility index (Phi) is 2.84. The lowest BCUT2D eigenvalue weighted by atomic mass is 9.96. The van der Waals surface area contributed by atoms with Crippen LogP contribution in [0.2, 0.25) is 0 Å². The summed E-state index contributed by atoms with van der Waals surface area (Å²) in [6.07, 6.45) is -0.476. The lowest BCUT2D eigenvalue weighted by Crippen LogP contribution is -1.94. The van der Waals surface area contributed by atoms with Crippen LogP contribution in [-0.2, 0) is 0 Å². The second-order valence-corrected chi connectivity index (χ2v) is 4.82. The topological polar surface area (TPSA) is 48.9 Å². The molecule has 0 saturated heterocycles. The monoisotopic (exact) mass is 252 g/mol. The van der Waals surface area contributed by atoms with Crippen molar-refractivity contribution < 1.29 is 5.11 Å². The van der Waals surface area contributed by atoms with Gasteiger partial charge in [0, 0.05) is 0 Å². The van der Waals surface area contributed by atoms with Gasteiger partial charge in [-0.25, -0.2) is 4.98 Å². The SMILES string of the molecule is Cc1nc2ccc(-c3ccccc3C(C)O)cc2[nH]1. The van der Waals surface area contributed by atoms with Crippen molar-refractivity contribution in [2.45, 2.75) is 20.0 Å². The number of hydrogen-bond donors (Lipinski definition) is 2. The number of aliphatic hydroxyl groups excluding tert-OH is 1. The standard InChI is InChI=1S/C16H16N2O/c1-10(19)13-5-3-4-6-14(13)12-7-8-15-16(9-12)18-11(2)17-15/h3-10,19H,1-2H3,(H,17,18). The highest BCUT2D eigenvalue weighted by molar-refractivity contribution is 5.82. The molecule has 96 valence electrons. The Labute approximate surface area is 111 Å². The molecule has 0 aliphatic heterocycles. The van der Waals surface area contributed by atoms with Crippen LogP contribution in [0.25, 0.3) is 22.2 Å². The third-order valence-corrected chi connectivity index (χ3v) is 3.32. The number of nitrogens with zero attached hydrogens (tertiary/aromatic N) is 1. The van der Waals surface area contributed by atoms with Gasteiger partial charge in [0.1, 0.15) is 5.82 Å². The Balaban J connectivity index is 2.18. The summed E-state index contributed by atoms with van der Waals surface area (Å²) in [6, 6.07) is 14.1. The van der Waals surface area contributed by atoms with E-state index in [4.69, 9.17) is 0 Å². The van der Waals surface area contributed by atoms with Gasteiger partial charge in [-0.05, 0) is 42.7 Å². The van der Waals surface area contributed by atoms with Crippen molar-refractivity contribution in [3.8, 4) is 11.1 Å². The quantitative estimate of drug-likeness (QED) is 0.732.